The Morgan fingerprint density at radius 1 is 0.789 bits per heavy atom. The van der Waals surface area contributed by atoms with Crippen molar-refractivity contribution < 1.29 is 45.0 Å². The summed E-state index contributed by atoms with van der Waals surface area (Å²) in [6.45, 7) is 0.390. The van der Waals surface area contributed by atoms with Gasteiger partial charge in [-0.3, -0.25) is 9.59 Å². The molecule has 0 aliphatic carbocycles. The van der Waals surface area contributed by atoms with Gasteiger partial charge in [-0.05, 0) is 12.8 Å². The van der Waals surface area contributed by atoms with Crippen molar-refractivity contribution in [2.24, 2.45) is 0 Å². The minimum Gasteiger partial charge on any atom is -0.481 e. The van der Waals surface area contributed by atoms with E-state index in [0.717, 1.165) is 12.8 Å². The maximum atomic E-state index is 10.3. The van der Waals surface area contributed by atoms with E-state index in [0.29, 0.717) is 0 Å². The zero-order valence-electron chi connectivity index (χ0n) is 10.2. The van der Waals surface area contributed by atoms with E-state index in [1.807, 2.05) is 0 Å². The topological polar surface area (TPSA) is 173 Å². The van der Waals surface area contributed by atoms with Gasteiger partial charge in [0.25, 0.3) is 0 Å². The number of aliphatic hydroxyl groups is 3. The molecule has 0 atom stereocenters. The number of rotatable bonds is 8. The van der Waals surface area contributed by atoms with Gasteiger partial charge in [-0.25, -0.2) is 4.79 Å². The molecule has 0 saturated heterocycles. The fraction of sp³-hybridized carbons (Fsp3) is 0.700. The molecule has 0 aliphatic heterocycles. The van der Waals surface area contributed by atoms with E-state index in [1.54, 1.807) is 0 Å². The van der Waals surface area contributed by atoms with Crippen LogP contribution in [0.3, 0.4) is 0 Å². The molecule has 0 aromatic carbocycles. The van der Waals surface area contributed by atoms with Gasteiger partial charge in [-0.1, -0.05) is 0 Å². The van der Waals surface area contributed by atoms with Crippen molar-refractivity contribution in [1.82, 2.24) is 0 Å². The summed E-state index contributed by atoms with van der Waals surface area (Å²) in [6, 6.07) is 0. The number of unbranched alkanes of at least 4 members (excludes halogenated alkanes) is 1. The first-order valence-electron chi connectivity index (χ1n) is 5.30. The minimum absolute atomic E-state index is 0.195. The van der Waals surface area contributed by atoms with Crippen LogP contribution in [0.25, 0.3) is 0 Å². The fourth-order valence-corrected chi connectivity index (χ4v) is 0.938. The predicted molar refractivity (Wildman–Crippen MR) is 60.5 cm³/mol. The number of aliphatic carboxylic acids is 3. The van der Waals surface area contributed by atoms with Crippen LogP contribution >= 0.6 is 0 Å². The summed E-state index contributed by atoms with van der Waals surface area (Å²) in [5, 5.41) is 50.0. The van der Waals surface area contributed by atoms with E-state index in [2.05, 4.69) is 0 Å². The summed E-state index contributed by atoms with van der Waals surface area (Å²) in [7, 11) is 0. The van der Waals surface area contributed by atoms with Crippen LogP contribution in [0.15, 0.2) is 0 Å². The number of hydrogen-bond donors (Lipinski definition) is 6. The molecule has 0 aromatic rings. The zero-order chi connectivity index (χ0) is 15.5. The van der Waals surface area contributed by atoms with Crippen molar-refractivity contribution in [1.29, 1.82) is 0 Å². The molecule has 6 N–H and O–H groups in total. The molecular weight excluding hydrogens is 264 g/mol. The Morgan fingerprint density at radius 3 is 1.26 bits per heavy atom. The number of carbonyl (C=O) groups is 3. The number of carboxylic acid groups (broad SMARTS) is 3. The molecule has 0 unspecified atom stereocenters. The van der Waals surface area contributed by atoms with Crippen LogP contribution in [0, 0.1) is 0 Å². The van der Waals surface area contributed by atoms with Gasteiger partial charge in [0.05, 0.1) is 12.8 Å². The second-order valence-corrected chi connectivity index (χ2v) is 3.63. The summed E-state index contributed by atoms with van der Waals surface area (Å²) in [5.41, 5.74) is -2.74. The lowest BCUT2D eigenvalue weighted by atomic mass is 9.96. The summed E-state index contributed by atoms with van der Waals surface area (Å²) in [4.78, 5) is 30.5. The standard InChI is InChI=1S/C6H8O7.C4H10O2/c7-3(8)1-6(13,5(11)12)2-4(9)10;5-3-1-2-4-6/h13H,1-2H2,(H,7,8)(H,9,10)(H,11,12);5-6H,1-4H2. The number of carboxylic acids is 3. The minimum atomic E-state index is -2.74. The molecule has 0 rings (SSSR count). The van der Waals surface area contributed by atoms with Crippen molar-refractivity contribution in [3.63, 3.8) is 0 Å². The highest BCUT2D eigenvalue weighted by Crippen LogP contribution is 2.15. The van der Waals surface area contributed by atoms with Gasteiger partial charge in [0, 0.05) is 13.2 Å². The predicted octanol–water partition coefficient (Wildman–Crippen LogP) is -1.50. The Hall–Kier alpha value is -1.71. The van der Waals surface area contributed by atoms with E-state index in [-0.39, 0.29) is 13.2 Å². The molecule has 0 heterocycles. The summed E-state index contributed by atoms with van der Waals surface area (Å²) >= 11 is 0. The molecule has 9 heteroatoms. The lowest BCUT2D eigenvalue weighted by molar-refractivity contribution is -0.170. The molecule has 0 radical (unpaired) electrons. The summed E-state index contributed by atoms with van der Waals surface area (Å²) in [5.74, 6) is -5.02. The Bertz CT molecular complexity index is 279. The lowest BCUT2D eigenvalue weighted by Crippen LogP contribution is -2.42. The first kappa shape index (κ1) is 19.6. The van der Waals surface area contributed by atoms with Crippen molar-refractivity contribution in [2.75, 3.05) is 13.2 Å². The molecule has 0 aromatic heterocycles. The highest BCUT2D eigenvalue weighted by Gasteiger charge is 2.40. The van der Waals surface area contributed by atoms with Crippen molar-refractivity contribution in [3.8, 4) is 0 Å². The third-order valence-electron chi connectivity index (χ3n) is 1.85. The van der Waals surface area contributed by atoms with E-state index < -0.39 is 36.4 Å². The molecule has 0 amide bonds. The van der Waals surface area contributed by atoms with Crippen molar-refractivity contribution in [3.05, 3.63) is 0 Å². The van der Waals surface area contributed by atoms with Gasteiger partial charge in [0.1, 0.15) is 0 Å². The molecule has 0 aliphatic rings. The molecule has 0 spiro atoms. The average Bonchev–Trinajstić information content (AvgIpc) is 2.24. The first-order valence-corrected chi connectivity index (χ1v) is 5.30. The first-order chi connectivity index (χ1) is 8.69. The monoisotopic (exact) mass is 282 g/mol. The Morgan fingerprint density at radius 2 is 1.11 bits per heavy atom. The number of hydrogen-bond acceptors (Lipinski definition) is 6. The summed E-state index contributed by atoms with van der Waals surface area (Å²) in [6.07, 6.45) is -0.851. The van der Waals surface area contributed by atoms with Crippen molar-refractivity contribution >= 4 is 17.9 Å². The van der Waals surface area contributed by atoms with E-state index in [9.17, 15) is 14.4 Å². The largest absolute Gasteiger partial charge is 0.481 e. The van der Waals surface area contributed by atoms with Gasteiger partial charge in [-0.15, -0.1) is 0 Å². The Balaban J connectivity index is 0. The lowest BCUT2D eigenvalue weighted by Gasteiger charge is -2.18. The van der Waals surface area contributed by atoms with Gasteiger partial charge < -0.3 is 30.6 Å². The molecule has 0 saturated carbocycles. The smallest absolute Gasteiger partial charge is 0.336 e. The molecule has 19 heavy (non-hydrogen) atoms. The summed E-state index contributed by atoms with van der Waals surface area (Å²) < 4.78 is 0. The van der Waals surface area contributed by atoms with Gasteiger partial charge >= 0.3 is 17.9 Å². The van der Waals surface area contributed by atoms with Crippen LogP contribution in [0.5, 0.6) is 0 Å². The number of aliphatic hydroxyl groups excluding tert-OH is 2. The van der Waals surface area contributed by atoms with Crippen LogP contribution in [-0.2, 0) is 14.4 Å². The SMILES string of the molecule is O=C(O)CC(O)(CC(=O)O)C(=O)O.OCCCCO. The highest BCUT2D eigenvalue weighted by atomic mass is 16.4. The second kappa shape index (κ2) is 10.2. The Labute approximate surface area is 108 Å². The average molecular weight is 282 g/mol. The second-order valence-electron chi connectivity index (χ2n) is 3.63. The zero-order valence-corrected chi connectivity index (χ0v) is 10.2. The quantitative estimate of drug-likeness (QED) is 0.290. The third kappa shape index (κ3) is 11.1. The maximum absolute atomic E-state index is 10.3. The fourth-order valence-electron chi connectivity index (χ4n) is 0.938. The van der Waals surface area contributed by atoms with Crippen molar-refractivity contribution in [2.45, 2.75) is 31.3 Å². The highest BCUT2D eigenvalue weighted by molar-refractivity contribution is 5.88. The van der Waals surface area contributed by atoms with Gasteiger partial charge in [0.15, 0.2) is 5.60 Å². The molecule has 0 fully saturated rings. The maximum Gasteiger partial charge on any atom is 0.336 e. The third-order valence-corrected chi connectivity index (χ3v) is 1.85. The molecular formula is C10H18O9. The normalized spacial score (nSPS) is 10.3. The van der Waals surface area contributed by atoms with Gasteiger partial charge in [-0.2, -0.15) is 0 Å². The van der Waals surface area contributed by atoms with Gasteiger partial charge in [0.2, 0.25) is 0 Å². The van der Waals surface area contributed by atoms with Crippen LogP contribution in [0.2, 0.25) is 0 Å². The van der Waals surface area contributed by atoms with E-state index in [1.165, 1.54) is 0 Å². The van der Waals surface area contributed by atoms with Crippen LogP contribution < -0.4 is 0 Å². The molecule has 112 valence electrons. The Kier molecular flexibility index (Phi) is 10.6. The molecule has 0 bridgehead atoms. The molecule has 9 nitrogen and oxygen atoms in total. The van der Waals surface area contributed by atoms with Crippen LogP contribution in [0.4, 0.5) is 0 Å². The van der Waals surface area contributed by atoms with E-state index in [4.69, 9.17) is 30.6 Å². The van der Waals surface area contributed by atoms with Crippen LogP contribution in [0.1, 0.15) is 25.7 Å². The van der Waals surface area contributed by atoms with E-state index >= 15 is 0 Å². The van der Waals surface area contributed by atoms with Crippen LogP contribution in [-0.4, -0.2) is 67.4 Å².